The van der Waals surface area contributed by atoms with Crippen molar-refractivity contribution >= 4 is 5.97 Å². The van der Waals surface area contributed by atoms with E-state index in [1.807, 2.05) is 11.0 Å². The van der Waals surface area contributed by atoms with Gasteiger partial charge in [-0.1, -0.05) is 18.2 Å². The maximum Gasteiger partial charge on any atom is 0.336 e. The van der Waals surface area contributed by atoms with E-state index < -0.39 is 11.6 Å². The molecule has 2 aromatic rings. The molecule has 132 valence electrons. The Kier molecular flexibility index (Phi) is 5.01. The van der Waals surface area contributed by atoms with Gasteiger partial charge in [-0.25, -0.2) is 9.18 Å². The summed E-state index contributed by atoms with van der Waals surface area (Å²) in [5.74, 6) is -0.788. The summed E-state index contributed by atoms with van der Waals surface area (Å²) in [6.45, 7) is 1.61. The Labute approximate surface area is 145 Å². The fraction of sp³-hybridized carbons (Fsp3) is 0.316. The van der Waals surface area contributed by atoms with Crippen molar-refractivity contribution in [3.63, 3.8) is 0 Å². The van der Waals surface area contributed by atoms with E-state index in [-0.39, 0.29) is 18.0 Å². The molecule has 1 atom stereocenters. The average Bonchev–Trinajstić information content (AvgIpc) is 2.96. The first-order valence-electron chi connectivity index (χ1n) is 8.09. The zero-order valence-corrected chi connectivity index (χ0v) is 13.7. The molecule has 0 aromatic heterocycles. The van der Waals surface area contributed by atoms with Crippen LogP contribution in [-0.2, 0) is 6.54 Å². The van der Waals surface area contributed by atoms with Crippen molar-refractivity contribution in [3.05, 3.63) is 65.5 Å². The molecule has 0 bridgehead atoms. The lowest BCUT2D eigenvalue weighted by Gasteiger charge is -2.24. The third kappa shape index (κ3) is 4.35. The molecule has 0 aliphatic carbocycles. The standard InChI is InChI=1S/C19H20FNO4/c20-15-5-7-16(8-6-15)25-13-19(24)9-10-21(12-19)11-14-3-1-2-4-17(14)18(22)23/h1-8,24H,9-13H2,(H,22,23)/t19-/m1/s1. The predicted octanol–water partition coefficient (Wildman–Crippen LogP) is 2.54. The zero-order valence-electron chi connectivity index (χ0n) is 13.7. The number of carboxylic acids is 1. The fourth-order valence-electron chi connectivity index (χ4n) is 3.05. The minimum Gasteiger partial charge on any atom is -0.491 e. The molecule has 5 nitrogen and oxygen atoms in total. The molecule has 0 radical (unpaired) electrons. The van der Waals surface area contributed by atoms with Crippen molar-refractivity contribution in [2.24, 2.45) is 0 Å². The summed E-state index contributed by atoms with van der Waals surface area (Å²) >= 11 is 0. The second kappa shape index (κ2) is 7.21. The van der Waals surface area contributed by atoms with Crippen LogP contribution in [0.4, 0.5) is 4.39 Å². The van der Waals surface area contributed by atoms with Crippen LogP contribution in [0, 0.1) is 5.82 Å². The second-order valence-corrected chi connectivity index (χ2v) is 6.39. The summed E-state index contributed by atoms with van der Waals surface area (Å²) in [7, 11) is 0. The van der Waals surface area contributed by atoms with Gasteiger partial charge in [-0.05, 0) is 42.3 Å². The van der Waals surface area contributed by atoms with E-state index in [2.05, 4.69) is 0 Å². The summed E-state index contributed by atoms with van der Waals surface area (Å²) in [5.41, 5.74) is -0.00812. The number of hydrogen-bond acceptors (Lipinski definition) is 4. The molecular formula is C19H20FNO4. The van der Waals surface area contributed by atoms with Crippen LogP contribution in [0.5, 0.6) is 5.75 Å². The van der Waals surface area contributed by atoms with Gasteiger partial charge in [-0.3, -0.25) is 4.90 Å². The normalized spacial score (nSPS) is 20.6. The van der Waals surface area contributed by atoms with Crippen LogP contribution in [0.15, 0.2) is 48.5 Å². The highest BCUT2D eigenvalue weighted by molar-refractivity contribution is 5.89. The molecule has 25 heavy (non-hydrogen) atoms. The van der Waals surface area contributed by atoms with Crippen molar-refractivity contribution in [1.29, 1.82) is 0 Å². The highest BCUT2D eigenvalue weighted by Crippen LogP contribution is 2.25. The van der Waals surface area contributed by atoms with Crippen molar-refractivity contribution in [2.75, 3.05) is 19.7 Å². The number of β-amino-alcohol motifs (C(OH)–C–C–N with tert-alkyl or cyclic N) is 1. The van der Waals surface area contributed by atoms with Gasteiger partial charge in [0.2, 0.25) is 0 Å². The van der Waals surface area contributed by atoms with Crippen molar-refractivity contribution in [3.8, 4) is 5.75 Å². The molecule has 6 heteroatoms. The lowest BCUT2D eigenvalue weighted by molar-refractivity contribution is 0.00335. The molecule has 1 aliphatic heterocycles. The van der Waals surface area contributed by atoms with E-state index in [0.717, 1.165) is 5.56 Å². The van der Waals surface area contributed by atoms with Gasteiger partial charge in [-0.2, -0.15) is 0 Å². The number of benzene rings is 2. The lowest BCUT2D eigenvalue weighted by atomic mass is 10.1. The van der Waals surface area contributed by atoms with Crippen molar-refractivity contribution in [1.82, 2.24) is 4.90 Å². The molecule has 2 aromatic carbocycles. The summed E-state index contributed by atoms with van der Waals surface area (Å²) < 4.78 is 18.5. The van der Waals surface area contributed by atoms with Gasteiger partial charge >= 0.3 is 5.97 Å². The first-order chi connectivity index (χ1) is 12.0. The SMILES string of the molecule is O=C(O)c1ccccc1CN1CC[C@](O)(COc2ccc(F)cc2)C1. The number of hydrogen-bond donors (Lipinski definition) is 2. The number of nitrogens with zero attached hydrogens (tertiary/aromatic N) is 1. The molecule has 0 amide bonds. The maximum atomic E-state index is 12.9. The van der Waals surface area contributed by atoms with Crippen LogP contribution in [0.25, 0.3) is 0 Å². The highest BCUT2D eigenvalue weighted by Gasteiger charge is 2.37. The van der Waals surface area contributed by atoms with Crippen LogP contribution in [0.1, 0.15) is 22.3 Å². The predicted molar refractivity (Wildman–Crippen MR) is 90.1 cm³/mol. The van der Waals surface area contributed by atoms with Gasteiger partial charge in [-0.15, -0.1) is 0 Å². The van der Waals surface area contributed by atoms with E-state index in [4.69, 9.17) is 4.74 Å². The fourth-order valence-corrected chi connectivity index (χ4v) is 3.05. The second-order valence-electron chi connectivity index (χ2n) is 6.39. The Morgan fingerprint density at radius 1 is 1.20 bits per heavy atom. The summed E-state index contributed by atoms with van der Waals surface area (Å²) in [5, 5.41) is 19.9. The zero-order chi connectivity index (χ0) is 17.9. The number of aliphatic hydroxyl groups is 1. The van der Waals surface area contributed by atoms with Crippen molar-refractivity contribution in [2.45, 2.75) is 18.6 Å². The van der Waals surface area contributed by atoms with E-state index >= 15 is 0 Å². The molecule has 0 unspecified atom stereocenters. The maximum absolute atomic E-state index is 12.9. The molecular weight excluding hydrogens is 325 g/mol. The number of likely N-dealkylation sites (tertiary alicyclic amines) is 1. The molecule has 2 N–H and O–H groups in total. The summed E-state index contributed by atoms with van der Waals surface area (Å²) in [4.78, 5) is 13.3. The summed E-state index contributed by atoms with van der Waals surface area (Å²) in [6.07, 6.45) is 0.531. The third-order valence-corrected chi connectivity index (χ3v) is 4.37. The number of rotatable bonds is 6. The first-order valence-corrected chi connectivity index (χ1v) is 8.09. The Balaban J connectivity index is 1.59. The number of carboxylic acid groups (broad SMARTS) is 1. The topological polar surface area (TPSA) is 70.0 Å². The average molecular weight is 345 g/mol. The molecule has 0 spiro atoms. The van der Waals surface area contributed by atoms with Crippen LogP contribution in [-0.4, -0.2) is 46.4 Å². The van der Waals surface area contributed by atoms with E-state index in [1.54, 1.807) is 18.2 Å². The largest absolute Gasteiger partial charge is 0.491 e. The lowest BCUT2D eigenvalue weighted by Crippen LogP contribution is -2.39. The molecule has 1 heterocycles. The molecule has 1 fully saturated rings. The monoisotopic (exact) mass is 345 g/mol. The van der Waals surface area contributed by atoms with Gasteiger partial charge in [0.25, 0.3) is 0 Å². The van der Waals surface area contributed by atoms with Crippen LogP contribution in [0.2, 0.25) is 0 Å². The summed E-state index contributed by atoms with van der Waals surface area (Å²) in [6, 6.07) is 12.5. The Hall–Kier alpha value is -2.44. The highest BCUT2D eigenvalue weighted by atomic mass is 19.1. The van der Waals surface area contributed by atoms with E-state index in [0.29, 0.717) is 31.8 Å². The molecule has 0 saturated carbocycles. The molecule has 3 rings (SSSR count). The number of halogens is 1. The van der Waals surface area contributed by atoms with Gasteiger partial charge in [0.15, 0.2) is 0 Å². The number of ether oxygens (including phenoxy) is 1. The Morgan fingerprint density at radius 2 is 1.92 bits per heavy atom. The van der Waals surface area contributed by atoms with E-state index in [1.165, 1.54) is 24.3 Å². The van der Waals surface area contributed by atoms with Gasteiger partial charge < -0.3 is 14.9 Å². The molecule has 1 saturated heterocycles. The Bertz CT molecular complexity index is 749. The van der Waals surface area contributed by atoms with Crippen LogP contribution < -0.4 is 4.74 Å². The van der Waals surface area contributed by atoms with Gasteiger partial charge in [0, 0.05) is 19.6 Å². The molecule has 1 aliphatic rings. The minimum absolute atomic E-state index is 0.107. The number of carbonyl (C=O) groups is 1. The van der Waals surface area contributed by atoms with Crippen molar-refractivity contribution < 1.29 is 24.1 Å². The van der Waals surface area contributed by atoms with E-state index in [9.17, 15) is 19.4 Å². The minimum atomic E-state index is -1.01. The number of aromatic carboxylic acids is 1. The van der Waals surface area contributed by atoms with Crippen LogP contribution >= 0.6 is 0 Å². The Morgan fingerprint density at radius 3 is 2.64 bits per heavy atom. The first kappa shape index (κ1) is 17.4. The van der Waals surface area contributed by atoms with Crippen LogP contribution in [0.3, 0.4) is 0 Å². The smallest absolute Gasteiger partial charge is 0.336 e. The quantitative estimate of drug-likeness (QED) is 0.842. The third-order valence-electron chi connectivity index (χ3n) is 4.37. The van der Waals surface area contributed by atoms with Gasteiger partial charge in [0.05, 0.1) is 5.56 Å². The van der Waals surface area contributed by atoms with Gasteiger partial charge in [0.1, 0.15) is 23.8 Å².